The summed E-state index contributed by atoms with van der Waals surface area (Å²) >= 11 is 0. The van der Waals surface area contributed by atoms with Crippen LogP contribution in [0.1, 0.15) is 19.4 Å². The number of halogens is 2. The molecule has 1 aromatic rings. The second-order valence-electron chi connectivity index (χ2n) is 5.04. The third kappa shape index (κ3) is 5.10. The maximum absolute atomic E-state index is 13.4. The van der Waals surface area contributed by atoms with Crippen LogP contribution in [0.4, 0.5) is 8.78 Å². The van der Waals surface area contributed by atoms with Gasteiger partial charge in [-0.2, -0.15) is 0 Å². The monoisotopic (exact) mass is 256 g/mol. The van der Waals surface area contributed by atoms with Crippen molar-refractivity contribution in [2.24, 2.45) is 5.92 Å². The van der Waals surface area contributed by atoms with Gasteiger partial charge in [-0.05, 0) is 31.6 Å². The van der Waals surface area contributed by atoms with E-state index < -0.39 is 11.6 Å². The lowest BCUT2D eigenvalue weighted by Crippen LogP contribution is -2.31. The molecule has 4 heteroatoms. The number of nitrogens with one attached hydrogen (secondary N) is 1. The molecule has 2 nitrogen and oxygen atoms in total. The van der Waals surface area contributed by atoms with Gasteiger partial charge in [-0.25, -0.2) is 8.78 Å². The highest BCUT2D eigenvalue weighted by Gasteiger charge is 2.10. The van der Waals surface area contributed by atoms with E-state index in [0.29, 0.717) is 12.5 Å². The lowest BCUT2D eigenvalue weighted by molar-refractivity contribution is 0.310. The quantitative estimate of drug-likeness (QED) is 0.754. The molecule has 0 fully saturated rings. The first kappa shape index (κ1) is 15.1. The topological polar surface area (TPSA) is 15.3 Å². The van der Waals surface area contributed by atoms with E-state index in [1.807, 2.05) is 11.9 Å². The van der Waals surface area contributed by atoms with E-state index in [9.17, 15) is 8.78 Å². The number of likely N-dealkylation sites (N-methyl/N-ethyl adjacent to an activating group) is 1. The Morgan fingerprint density at radius 2 is 1.83 bits per heavy atom. The van der Waals surface area contributed by atoms with Crippen LogP contribution in [0.5, 0.6) is 0 Å². The SMILES string of the molecule is CC(C)CNCCN(C)Cc1c(F)cccc1F. The average Bonchev–Trinajstić information content (AvgIpc) is 2.29. The van der Waals surface area contributed by atoms with Gasteiger partial charge in [0, 0.05) is 25.2 Å². The minimum atomic E-state index is -0.475. The van der Waals surface area contributed by atoms with Crippen molar-refractivity contribution in [2.45, 2.75) is 20.4 Å². The van der Waals surface area contributed by atoms with Gasteiger partial charge < -0.3 is 10.2 Å². The zero-order valence-electron chi connectivity index (χ0n) is 11.3. The molecule has 0 spiro atoms. The normalized spacial score (nSPS) is 11.5. The van der Waals surface area contributed by atoms with Crippen LogP contribution in [0.15, 0.2) is 18.2 Å². The molecule has 0 heterocycles. The van der Waals surface area contributed by atoms with Gasteiger partial charge in [-0.15, -0.1) is 0 Å². The maximum Gasteiger partial charge on any atom is 0.130 e. The highest BCUT2D eigenvalue weighted by Crippen LogP contribution is 2.13. The summed E-state index contributed by atoms with van der Waals surface area (Å²) in [5, 5.41) is 3.30. The largest absolute Gasteiger partial charge is 0.315 e. The number of rotatable bonds is 7. The summed E-state index contributed by atoms with van der Waals surface area (Å²) in [6.45, 7) is 7.13. The molecular weight excluding hydrogens is 234 g/mol. The number of benzene rings is 1. The molecule has 0 unspecified atom stereocenters. The van der Waals surface area contributed by atoms with E-state index in [1.54, 1.807) is 0 Å². The first-order valence-electron chi connectivity index (χ1n) is 6.33. The zero-order chi connectivity index (χ0) is 13.5. The number of nitrogens with zero attached hydrogens (tertiary/aromatic N) is 1. The lowest BCUT2D eigenvalue weighted by Gasteiger charge is -2.18. The van der Waals surface area contributed by atoms with E-state index in [-0.39, 0.29) is 5.56 Å². The zero-order valence-corrected chi connectivity index (χ0v) is 11.3. The van der Waals surface area contributed by atoms with Gasteiger partial charge in [0.15, 0.2) is 0 Å². The Bertz CT molecular complexity index is 347. The molecule has 1 aromatic carbocycles. The highest BCUT2D eigenvalue weighted by molar-refractivity contribution is 5.19. The van der Waals surface area contributed by atoms with E-state index in [2.05, 4.69) is 19.2 Å². The standard InChI is InChI=1S/C14H22F2N2/c1-11(2)9-17-7-8-18(3)10-12-13(15)5-4-6-14(12)16/h4-6,11,17H,7-10H2,1-3H3. The molecule has 0 aliphatic heterocycles. The molecular formula is C14H22F2N2. The van der Waals surface area contributed by atoms with Gasteiger partial charge >= 0.3 is 0 Å². The summed E-state index contributed by atoms with van der Waals surface area (Å²) in [6.07, 6.45) is 0. The van der Waals surface area contributed by atoms with Crippen LogP contribution in [0, 0.1) is 17.6 Å². The average molecular weight is 256 g/mol. The van der Waals surface area contributed by atoms with E-state index >= 15 is 0 Å². The summed E-state index contributed by atoms with van der Waals surface area (Å²) in [7, 11) is 1.86. The van der Waals surface area contributed by atoms with Crippen molar-refractivity contribution in [2.75, 3.05) is 26.7 Å². The van der Waals surface area contributed by atoms with E-state index in [4.69, 9.17) is 0 Å². The Morgan fingerprint density at radius 3 is 2.39 bits per heavy atom. The number of hydrogen-bond acceptors (Lipinski definition) is 2. The van der Waals surface area contributed by atoms with Gasteiger partial charge in [0.05, 0.1) is 0 Å². The molecule has 102 valence electrons. The molecule has 0 amide bonds. The van der Waals surface area contributed by atoms with E-state index in [1.165, 1.54) is 18.2 Å². The summed E-state index contributed by atoms with van der Waals surface area (Å²) in [5.74, 6) is -0.340. The molecule has 18 heavy (non-hydrogen) atoms. The van der Waals surface area contributed by atoms with Crippen molar-refractivity contribution < 1.29 is 8.78 Å². The molecule has 0 aliphatic rings. The minimum absolute atomic E-state index is 0.142. The predicted octanol–water partition coefficient (Wildman–Crippen LogP) is 2.64. The summed E-state index contributed by atoms with van der Waals surface area (Å²) in [5.41, 5.74) is 0.142. The third-order valence-corrected chi connectivity index (χ3v) is 2.71. The third-order valence-electron chi connectivity index (χ3n) is 2.71. The highest BCUT2D eigenvalue weighted by atomic mass is 19.1. The van der Waals surface area contributed by atoms with Gasteiger partial charge in [0.1, 0.15) is 11.6 Å². The van der Waals surface area contributed by atoms with Crippen LogP contribution < -0.4 is 5.32 Å². The molecule has 0 atom stereocenters. The molecule has 0 saturated carbocycles. The van der Waals surface area contributed by atoms with Gasteiger partial charge in [-0.1, -0.05) is 19.9 Å². The second kappa shape index (κ2) is 7.44. The van der Waals surface area contributed by atoms with Crippen LogP contribution >= 0.6 is 0 Å². The summed E-state index contributed by atoms with van der Waals surface area (Å²) in [6, 6.07) is 3.98. The Morgan fingerprint density at radius 1 is 1.22 bits per heavy atom. The van der Waals surface area contributed by atoms with Crippen molar-refractivity contribution in [1.82, 2.24) is 10.2 Å². The number of hydrogen-bond donors (Lipinski definition) is 1. The van der Waals surface area contributed by atoms with Crippen LogP contribution in [0.25, 0.3) is 0 Å². The van der Waals surface area contributed by atoms with Crippen molar-refractivity contribution in [3.05, 3.63) is 35.4 Å². The van der Waals surface area contributed by atoms with Crippen LogP contribution in [0.3, 0.4) is 0 Å². The van der Waals surface area contributed by atoms with Crippen molar-refractivity contribution in [3.63, 3.8) is 0 Å². The fraction of sp³-hybridized carbons (Fsp3) is 0.571. The van der Waals surface area contributed by atoms with Crippen LogP contribution in [0.2, 0.25) is 0 Å². The smallest absolute Gasteiger partial charge is 0.130 e. The fourth-order valence-corrected chi connectivity index (χ4v) is 1.69. The Labute approximate surface area is 108 Å². The predicted molar refractivity (Wildman–Crippen MR) is 70.4 cm³/mol. The Hall–Kier alpha value is -1.00. The Balaban J connectivity index is 2.38. The molecule has 0 aromatic heterocycles. The Kier molecular flexibility index (Phi) is 6.22. The summed E-state index contributed by atoms with van der Waals surface area (Å²) in [4.78, 5) is 1.91. The van der Waals surface area contributed by atoms with Crippen molar-refractivity contribution in [1.29, 1.82) is 0 Å². The molecule has 0 aliphatic carbocycles. The first-order valence-corrected chi connectivity index (χ1v) is 6.33. The molecule has 1 N–H and O–H groups in total. The van der Waals surface area contributed by atoms with Gasteiger partial charge in [-0.3, -0.25) is 0 Å². The first-order chi connectivity index (χ1) is 8.50. The van der Waals surface area contributed by atoms with Crippen LogP contribution in [-0.4, -0.2) is 31.6 Å². The lowest BCUT2D eigenvalue weighted by atomic mass is 10.2. The minimum Gasteiger partial charge on any atom is -0.315 e. The molecule has 0 bridgehead atoms. The second-order valence-corrected chi connectivity index (χ2v) is 5.04. The van der Waals surface area contributed by atoms with E-state index in [0.717, 1.165) is 19.6 Å². The molecule has 1 rings (SSSR count). The maximum atomic E-state index is 13.4. The van der Waals surface area contributed by atoms with Crippen LogP contribution in [-0.2, 0) is 6.54 Å². The van der Waals surface area contributed by atoms with Crippen molar-refractivity contribution >= 4 is 0 Å². The molecule has 0 saturated heterocycles. The van der Waals surface area contributed by atoms with Gasteiger partial charge in [0.25, 0.3) is 0 Å². The van der Waals surface area contributed by atoms with Gasteiger partial charge in [0.2, 0.25) is 0 Å². The fourth-order valence-electron chi connectivity index (χ4n) is 1.69. The molecule has 0 radical (unpaired) electrons. The summed E-state index contributed by atoms with van der Waals surface area (Å²) < 4.78 is 26.8. The van der Waals surface area contributed by atoms with Crippen molar-refractivity contribution in [3.8, 4) is 0 Å².